The first-order chi connectivity index (χ1) is 10.4. The second-order valence-electron chi connectivity index (χ2n) is 6.45. The van der Waals surface area contributed by atoms with Crippen molar-refractivity contribution >= 4 is 17.7 Å². The monoisotopic (exact) mass is 309 g/mol. The van der Waals surface area contributed by atoms with Crippen molar-refractivity contribution in [3.63, 3.8) is 0 Å². The normalized spacial score (nSPS) is 23.2. The molecule has 0 saturated carbocycles. The quantitative estimate of drug-likeness (QED) is 0.771. The molecule has 2 fully saturated rings. The zero-order valence-corrected chi connectivity index (χ0v) is 13.9. The van der Waals surface area contributed by atoms with E-state index in [1.165, 1.54) is 0 Å². The van der Waals surface area contributed by atoms with Crippen molar-refractivity contribution in [2.24, 2.45) is 5.92 Å². The first-order valence-electron chi connectivity index (χ1n) is 8.30. The first-order valence-corrected chi connectivity index (χ1v) is 8.30. The smallest absolute Gasteiger partial charge is 0.228 e. The molecule has 0 aromatic carbocycles. The molecule has 2 aliphatic heterocycles. The molecular weight excluding hydrogens is 282 g/mol. The van der Waals surface area contributed by atoms with Crippen LogP contribution in [0.5, 0.6) is 0 Å². The minimum atomic E-state index is -0.219. The van der Waals surface area contributed by atoms with Crippen molar-refractivity contribution in [2.45, 2.75) is 46.1 Å². The molecule has 6 heteroatoms. The van der Waals surface area contributed by atoms with Gasteiger partial charge in [-0.05, 0) is 20.3 Å². The van der Waals surface area contributed by atoms with Crippen molar-refractivity contribution in [1.29, 1.82) is 0 Å². The maximum Gasteiger partial charge on any atom is 0.228 e. The van der Waals surface area contributed by atoms with E-state index in [0.29, 0.717) is 39.0 Å². The number of rotatable bonds is 3. The minimum Gasteiger partial charge on any atom is -0.341 e. The third-order valence-corrected chi connectivity index (χ3v) is 4.59. The second-order valence-corrected chi connectivity index (χ2v) is 6.45. The standard InChI is InChI=1S/C16H27N3O3/c1-4-14(20)17-6-5-7-18(9-8-17)16(22)13-10-15(21)19(11-13)12(2)3/h12-13H,4-11H2,1-3H3. The van der Waals surface area contributed by atoms with Crippen LogP contribution in [0.2, 0.25) is 0 Å². The average molecular weight is 309 g/mol. The van der Waals surface area contributed by atoms with E-state index in [-0.39, 0.29) is 29.7 Å². The number of carbonyl (C=O) groups excluding carboxylic acids is 3. The third-order valence-electron chi connectivity index (χ3n) is 4.59. The molecule has 124 valence electrons. The fraction of sp³-hybridized carbons (Fsp3) is 0.812. The molecule has 0 radical (unpaired) electrons. The van der Waals surface area contributed by atoms with Crippen LogP contribution in [0.3, 0.4) is 0 Å². The molecule has 0 N–H and O–H groups in total. The van der Waals surface area contributed by atoms with Gasteiger partial charge in [0, 0.05) is 51.6 Å². The molecule has 0 aliphatic carbocycles. The summed E-state index contributed by atoms with van der Waals surface area (Å²) >= 11 is 0. The van der Waals surface area contributed by atoms with Crippen LogP contribution in [-0.2, 0) is 14.4 Å². The molecule has 2 heterocycles. The van der Waals surface area contributed by atoms with E-state index in [4.69, 9.17) is 0 Å². The van der Waals surface area contributed by atoms with Crippen LogP contribution >= 0.6 is 0 Å². The van der Waals surface area contributed by atoms with Gasteiger partial charge in [-0.25, -0.2) is 0 Å². The highest BCUT2D eigenvalue weighted by atomic mass is 16.2. The molecule has 3 amide bonds. The van der Waals surface area contributed by atoms with Crippen molar-refractivity contribution < 1.29 is 14.4 Å². The lowest BCUT2D eigenvalue weighted by Gasteiger charge is -2.25. The zero-order chi connectivity index (χ0) is 16.3. The molecule has 0 spiro atoms. The molecule has 0 aromatic heterocycles. The van der Waals surface area contributed by atoms with Crippen molar-refractivity contribution in [3.8, 4) is 0 Å². The molecule has 0 aromatic rings. The van der Waals surface area contributed by atoms with Gasteiger partial charge in [0.25, 0.3) is 0 Å². The Morgan fingerprint density at radius 3 is 2.36 bits per heavy atom. The highest BCUT2D eigenvalue weighted by Gasteiger charge is 2.37. The Morgan fingerprint density at radius 1 is 1.14 bits per heavy atom. The van der Waals surface area contributed by atoms with E-state index in [0.717, 1.165) is 13.0 Å². The van der Waals surface area contributed by atoms with E-state index in [2.05, 4.69) is 0 Å². The van der Waals surface area contributed by atoms with Gasteiger partial charge in [0.2, 0.25) is 17.7 Å². The summed E-state index contributed by atoms with van der Waals surface area (Å²) in [5.74, 6) is 0.0768. The Kier molecular flexibility index (Phi) is 5.42. The van der Waals surface area contributed by atoms with Gasteiger partial charge in [0.1, 0.15) is 0 Å². The Labute approximate surface area is 132 Å². The van der Waals surface area contributed by atoms with E-state index in [1.54, 1.807) is 4.90 Å². The van der Waals surface area contributed by atoms with Crippen LogP contribution < -0.4 is 0 Å². The molecule has 2 rings (SSSR count). The van der Waals surface area contributed by atoms with Crippen LogP contribution in [0.1, 0.15) is 40.0 Å². The number of likely N-dealkylation sites (tertiary alicyclic amines) is 1. The molecular formula is C16H27N3O3. The van der Waals surface area contributed by atoms with Crippen molar-refractivity contribution in [3.05, 3.63) is 0 Å². The summed E-state index contributed by atoms with van der Waals surface area (Å²) in [6.07, 6.45) is 1.64. The molecule has 1 atom stereocenters. The SMILES string of the molecule is CCC(=O)N1CCCN(C(=O)C2CC(=O)N(C(C)C)C2)CC1. The summed E-state index contributed by atoms with van der Waals surface area (Å²) < 4.78 is 0. The first kappa shape index (κ1) is 16.8. The summed E-state index contributed by atoms with van der Waals surface area (Å²) in [6.45, 7) is 8.93. The second kappa shape index (κ2) is 7.11. The fourth-order valence-corrected chi connectivity index (χ4v) is 3.27. The lowest BCUT2D eigenvalue weighted by molar-refractivity contribution is -0.136. The molecule has 2 aliphatic rings. The minimum absolute atomic E-state index is 0.0716. The van der Waals surface area contributed by atoms with Gasteiger partial charge >= 0.3 is 0 Å². The highest BCUT2D eigenvalue weighted by Crippen LogP contribution is 2.22. The van der Waals surface area contributed by atoms with Crippen LogP contribution in [0.25, 0.3) is 0 Å². The molecule has 2 saturated heterocycles. The van der Waals surface area contributed by atoms with Crippen LogP contribution in [0, 0.1) is 5.92 Å². The topological polar surface area (TPSA) is 60.9 Å². The molecule has 22 heavy (non-hydrogen) atoms. The average Bonchev–Trinajstić information content (AvgIpc) is 2.73. The van der Waals surface area contributed by atoms with Crippen LogP contribution in [-0.4, -0.2) is 71.2 Å². The van der Waals surface area contributed by atoms with E-state index >= 15 is 0 Å². The number of amides is 3. The summed E-state index contributed by atoms with van der Waals surface area (Å²) in [6, 6.07) is 0.145. The lowest BCUT2D eigenvalue weighted by atomic mass is 10.1. The van der Waals surface area contributed by atoms with Gasteiger partial charge in [-0.3, -0.25) is 14.4 Å². The van der Waals surface area contributed by atoms with Gasteiger partial charge in [-0.1, -0.05) is 6.92 Å². The fourth-order valence-electron chi connectivity index (χ4n) is 3.27. The largest absolute Gasteiger partial charge is 0.341 e. The summed E-state index contributed by atoms with van der Waals surface area (Å²) in [5, 5.41) is 0. The maximum absolute atomic E-state index is 12.7. The van der Waals surface area contributed by atoms with Gasteiger partial charge in [-0.15, -0.1) is 0 Å². The van der Waals surface area contributed by atoms with Crippen molar-refractivity contribution in [1.82, 2.24) is 14.7 Å². The van der Waals surface area contributed by atoms with Crippen LogP contribution in [0.15, 0.2) is 0 Å². The Bertz CT molecular complexity index is 450. The predicted octanol–water partition coefficient (Wildman–Crippen LogP) is 0.714. The Hall–Kier alpha value is -1.59. The molecule has 6 nitrogen and oxygen atoms in total. The highest BCUT2D eigenvalue weighted by molar-refractivity contribution is 5.89. The third kappa shape index (κ3) is 3.59. The Morgan fingerprint density at radius 2 is 1.77 bits per heavy atom. The summed E-state index contributed by atoms with van der Waals surface area (Å²) in [5.41, 5.74) is 0. The zero-order valence-electron chi connectivity index (χ0n) is 13.9. The number of carbonyl (C=O) groups is 3. The van der Waals surface area contributed by atoms with Crippen molar-refractivity contribution in [2.75, 3.05) is 32.7 Å². The van der Waals surface area contributed by atoms with Gasteiger partial charge in [-0.2, -0.15) is 0 Å². The van der Waals surface area contributed by atoms with E-state index in [1.807, 2.05) is 30.6 Å². The predicted molar refractivity (Wildman–Crippen MR) is 83.0 cm³/mol. The molecule has 0 bridgehead atoms. The van der Waals surface area contributed by atoms with Gasteiger partial charge < -0.3 is 14.7 Å². The number of hydrogen-bond acceptors (Lipinski definition) is 3. The summed E-state index contributed by atoms with van der Waals surface area (Å²) in [7, 11) is 0. The number of hydrogen-bond donors (Lipinski definition) is 0. The molecule has 1 unspecified atom stereocenters. The number of nitrogens with zero attached hydrogens (tertiary/aromatic N) is 3. The lowest BCUT2D eigenvalue weighted by Crippen LogP contribution is -2.41. The van der Waals surface area contributed by atoms with Crippen LogP contribution in [0.4, 0.5) is 0 Å². The summed E-state index contributed by atoms with van der Waals surface area (Å²) in [4.78, 5) is 41.9. The maximum atomic E-state index is 12.7. The van der Waals surface area contributed by atoms with E-state index in [9.17, 15) is 14.4 Å². The van der Waals surface area contributed by atoms with Gasteiger partial charge in [0.05, 0.1) is 5.92 Å². The van der Waals surface area contributed by atoms with Gasteiger partial charge in [0.15, 0.2) is 0 Å². The Balaban J connectivity index is 1.93. The van der Waals surface area contributed by atoms with E-state index < -0.39 is 0 Å².